The van der Waals surface area contributed by atoms with Crippen LogP contribution < -0.4 is 4.74 Å². The second kappa shape index (κ2) is 4.23. The first-order valence-electron chi connectivity index (χ1n) is 5.23. The van der Waals surface area contributed by atoms with E-state index in [-0.39, 0.29) is 5.75 Å². The molecule has 3 rings (SSSR count). The molecule has 0 bridgehead atoms. The number of hydrogen-bond donors (Lipinski definition) is 1. The van der Waals surface area contributed by atoms with Gasteiger partial charge in [-0.1, -0.05) is 11.3 Å². The summed E-state index contributed by atoms with van der Waals surface area (Å²) in [5.74, 6) is 0.738. The molecule has 0 saturated heterocycles. The molecule has 2 heterocycles. The maximum Gasteiger partial charge on any atom is 0.190 e. The maximum absolute atomic E-state index is 9.95. The third kappa shape index (κ3) is 1.76. The van der Waals surface area contributed by atoms with Crippen LogP contribution in [0.3, 0.4) is 0 Å². The first-order chi connectivity index (χ1) is 8.78. The van der Waals surface area contributed by atoms with Crippen LogP contribution in [0, 0.1) is 0 Å². The highest BCUT2D eigenvalue weighted by Gasteiger charge is 2.12. The number of nitrogens with zero attached hydrogens (tertiary/aromatic N) is 3. The summed E-state index contributed by atoms with van der Waals surface area (Å²) in [6, 6.07) is 5.11. The first-order valence-corrected chi connectivity index (χ1v) is 6.04. The van der Waals surface area contributed by atoms with Crippen LogP contribution in [0.5, 0.6) is 11.5 Å². The van der Waals surface area contributed by atoms with Crippen molar-refractivity contribution >= 4 is 21.8 Å². The molecule has 18 heavy (non-hydrogen) atoms. The Morgan fingerprint density at radius 3 is 2.78 bits per heavy atom. The summed E-state index contributed by atoms with van der Waals surface area (Å²) in [4.78, 5) is 13.4. The van der Waals surface area contributed by atoms with Gasteiger partial charge in [0.05, 0.1) is 12.7 Å². The molecule has 6 heteroatoms. The second-order valence-electron chi connectivity index (χ2n) is 3.59. The Balaban J connectivity index is 2.14. The third-order valence-corrected chi connectivity index (χ3v) is 3.47. The molecule has 0 unspecified atom stereocenters. The summed E-state index contributed by atoms with van der Waals surface area (Å²) in [6.07, 6.45) is 3.22. The number of ether oxygens (including phenoxy) is 1. The van der Waals surface area contributed by atoms with Gasteiger partial charge in [-0.3, -0.25) is 0 Å². The Morgan fingerprint density at radius 2 is 2.06 bits per heavy atom. The molecule has 0 atom stereocenters. The van der Waals surface area contributed by atoms with Gasteiger partial charge >= 0.3 is 0 Å². The zero-order valence-electron chi connectivity index (χ0n) is 9.49. The smallest absolute Gasteiger partial charge is 0.190 e. The van der Waals surface area contributed by atoms with E-state index < -0.39 is 0 Å². The molecule has 2 aromatic heterocycles. The van der Waals surface area contributed by atoms with Crippen LogP contribution in [0.15, 0.2) is 30.6 Å². The number of thiazole rings is 1. The van der Waals surface area contributed by atoms with E-state index in [0.717, 1.165) is 4.83 Å². The summed E-state index contributed by atoms with van der Waals surface area (Å²) in [7, 11) is 1.56. The summed E-state index contributed by atoms with van der Waals surface area (Å²) < 4.78 is 5.04. The molecule has 1 N–H and O–H groups in total. The standard InChI is InChI=1S/C12H9N3O2S/c1-17-7-2-3-8(9(16)6-7)11-15-10-12(18-11)14-5-4-13-10/h2-6,16H,1H3. The van der Waals surface area contributed by atoms with Gasteiger partial charge in [-0.15, -0.1) is 0 Å². The highest BCUT2D eigenvalue weighted by atomic mass is 32.1. The maximum atomic E-state index is 9.95. The van der Waals surface area contributed by atoms with Crippen LogP contribution in [0.2, 0.25) is 0 Å². The number of phenolic OH excluding ortho intramolecular Hbond substituents is 1. The molecule has 5 nitrogen and oxygen atoms in total. The van der Waals surface area contributed by atoms with Crippen molar-refractivity contribution in [2.75, 3.05) is 7.11 Å². The minimum absolute atomic E-state index is 0.133. The topological polar surface area (TPSA) is 68.1 Å². The second-order valence-corrected chi connectivity index (χ2v) is 4.56. The largest absolute Gasteiger partial charge is 0.507 e. The lowest BCUT2D eigenvalue weighted by molar-refractivity contribution is 0.408. The summed E-state index contributed by atoms with van der Waals surface area (Å²) in [5, 5.41) is 10.6. The van der Waals surface area contributed by atoms with Gasteiger partial charge in [-0.05, 0) is 12.1 Å². The first kappa shape index (κ1) is 10.9. The van der Waals surface area contributed by atoms with E-state index in [1.807, 2.05) is 0 Å². The van der Waals surface area contributed by atoms with Crippen molar-refractivity contribution in [1.29, 1.82) is 0 Å². The number of aromatic nitrogens is 3. The van der Waals surface area contributed by atoms with Crippen molar-refractivity contribution in [2.45, 2.75) is 0 Å². The summed E-state index contributed by atoms with van der Waals surface area (Å²) >= 11 is 1.39. The number of hydrogen-bond acceptors (Lipinski definition) is 6. The fraction of sp³-hybridized carbons (Fsp3) is 0.0833. The van der Waals surface area contributed by atoms with Crippen LogP contribution in [0.25, 0.3) is 21.0 Å². The lowest BCUT2D eigenvalue weighted by Gasteiger charge is -2.03. The van der Waals surface area contributed by atoms with Crippen LogP contribution in [0.4, 0.5) is 0 Å². The molecule has 0 fully saturated rings. The Hall–Kier alpha value is -2.21. The van der Waals surface area contributed by atoms with Crippen molar-refractivity contribution in [3.8, 4) is 22.1 Å². The van der Waals surface area contributed by atoms with E-state index in [0.29, 0.717) is 22.0 Å². The SMILES string of the molecule is COc1ccc(-c2nc3nccnc3s2)c(O)c1. The van der Waals surface area contributed by atoms with Crippen LogP contribution in [-0.4, -0.2) is 27.2 Å². The molecule has 0 aliphatic carbocycles. The Bertz CT molecular complexity index is 678. The predicted molar refractivity (Wildman–Crippen MR) is 68.9 cm³/mol. The van der Waals surface area contributed by atoms with E-state index >= 15 is 0 Å². The van der Waals surface area contributed by atoms with Gasteiger partial charge in [0.1, 0.15) is 16.5 Å². The molecule has 90 valence electrons. The quantitative estimate of drug-likeness (QED) is 0.765. The van der Waals surface area contributed by atoms with E-state index in [2.05, 4.69) is 15.0 Å². The highest BCUT2D eigenvalue weighted by molar-refractivity contribution is 7.21. The highest BCUT2D eigenvalue weighted by Crippen LogP contribution is 2.35. The van der Waals surface area contributed by atoms with E-state index in [1.54, 1.807) is 37.7 Å². The molecule has 0 radical (unpaired) electrons. The predicted octanol–water partition coefficient (Wildman–Crippen LogP) is 2.47. The fourth-order valence-electron chi connectivity index (χ4n) is 1.61. The Kier molecular flexibility index (Phi) is 2.56. The van der Waals surface area contributed by atoms with Gasteiger partial charge in [0.2, 0.25) is 0 Å². The third-order valence-electron chi connectivity index (χ3n) is 2.48. The lowest BCUT2D eigenvalue weighted by Crippen LogP contribution is -1.84. The summed E-state index contributed by atoms with van der Waals surface area (Å²) in [6.45, 7) is 0. The minimum Gasteiger partial charge on any atom is -0.507 e. The van der Waals surface area contributed by atoms with Gasteiger partial charge in [-0.25, -0.2) is 15.0 Å². The van der Waals surface area contributed by atoms with Gasteiger partial charge in [0.15, 0.2) is 10.5 Å². The molecule has 1 aromatic carbocycles. The molecule has 0 spiro atoms. The Morgan fingerprint density at radius 1 is 1.22 bits per heavy atom. The number of rotatable bonds is 2. The normalized spacial score (nSPS) is 10.7. The van der Waals surface area contributed by atoms with Crippen molar-refractivity contribution in [3.05, 3.63) is 30.6 Å². The monoisotopic (exact) mass is 259 g/mol. The number of benzene rings is 1. The molecule has 0 amide bonds. The molecular weight excluding hydrogens is 250 g/mol. The van der Waals surface area contributed by atoms with Crippen LogP contribution in [-0.2, 0) is 0 Å². The zero-order valence-corrected chi connectivity index (χ0v) is 10.3. The molecule has 0 saturated carbocycles. The van der Waals surface area contributed by atoms with E-state index in [1.165, 1.54) is 11.3 Å². The zero-order chi connectivity index (χ0) is 12.5. The average molecular weight is 259 g/mol. The molecular formula is C12H9N3O2S. The van der Waals surface area contributed by atoms with E-state index in [9.17, 15) is 5.11 Å². The van der Waals surface area contributed by atoms with Crippen molar-refractivity contribution in [1.82, 2.24) is 15.0 Å². The molecule has 0 aliphatic heterocycles. The van der Waals surface area contributed by atoms with Crippen molar-refractivity contribution < 1.29 is 9.84 Å². The van der Waals surface area contributed by atoms with Crippen molar-refractivity contribution in [2.24, 2.45) is 0 Å². The number of fused-ring (bicyclic) bond motifs is 1. The Labute approximate surface area is 107 Å². The van der Waals surface area contributed by atoms with Crippen LogP contribution >= 0.6 is 11.3 Å². The average Bonchev–Trinajstić information content (AvgIpc) is 2.81. The van der Waals surface area contributed by atoms with E-state index in [4.69, 9.17) is 4.74 Å². The minimum atomic E-state index is 0.133. The lowest BCUT2D eigenvalue weighted by atomic mass is 10.2. The fourth-order valence-corrected chi connectivity index (χ4v) is 2.51. The van der Waals surface area contributed by atoms with Crippen molar-refractivity contribution in [3.63, 3.8) is 0 Å². The number of phenols is 1. The van der Waals surface area contributed by atoms with Gasteiger partial charge in [0.25, 0.3) is 0 Å². The van der Waals surface area contributed by atoms with Gasteiger partial charge < -0.3 is 9.84 Å². The number of methoxy groups -OCH3 is 1. The summed E-state index contributed by atoms with van der Waals surface area (Å²) in [5.41, 5.74) is 1.24. The van der Waals surface area contributed by atoms with Crippen LogP contribution in [0.1, 0.15) is 0 Å². The molecule has 3 aromatic rings. The molecule has 0 aliphatic rings. The number of aromatic hydroxyl groups is 1. The van der Waals surface area contributed by atoms with Gasteiger partial charge in [0, 0.05) is 18.5 Å². The van der Waals surface area contributed by atoms with Gasteiger partial charge in [-0.2, -0.15) is 0 Å².